The maximum atomic E-state index is 12.2. The van der Waals surface area contributed by atoms with Gasteiger partial charge in [0.25, 0.3) is 5.91 Å². The molecule has 1 heterocycles. The third-order valence-electron chi connectivity index (χ3n) is 3.56. The molecule has 24 heavy (non-hydrogen) atoms. The third kappa shape index (κ3) is 4.55. The molecule has 1 aromatic carbocycles. The zero-order valence-corrected chi connectivity index (χ0v) is 13.5. The van der Waals surface area contributed by atoms with E-state index in [1.165, 1.54) is 12.1 Å². The predicted molar refractivity (Wildman–Crippen MR) is 85.6 cm³/mol. The molecule has 0 bridgehead atoms. The third-order valence-corrected chi connectivity index (χ3v) is 3.56. The van der Waals surface area contributed by atoms with Crippen LogP contribution in [0, 0.1) is 0 Å². The molecule has 0 unspecified atom stereocenters. The Bertz CT molecular complexity index is 669. The van der Waals surface area contributed by atoms with Crippen molar-refractivity contribution in [1.29, 1.82) is 0 Å². The molecule has 0 fully saturated rings. The van der Waals surface area contributed by atoms with Crippen molar-refractivity contribution in [3.63, 3.8) is 0 Å². The van der Waals surface area contributed by atoms with E-state index in [0.717, 1.165) is 5.56 Å². The number of hydrazone groups is 1. The molecule has 2 N–H and O–H groups in total. The first-order chi connectivity index (χ1) is 11.4. The first kappa shape index (κ1) is 17.5. The van der Waals surface area contributed by atoms with Crippen molar-refractivity contribution >= 4 is 23.5 Å². The standard InChI is InChI=1S/C16H19N3O5/c1-10(11-3-5-12(6-4-11)24-9-15(21)22)17-16(23)13-7-8-14(20)19(2)18-13/h3-6,10H,7-9H2,1-2H3,(H,17,23)(H,21,22)/t10-/m1/s1. The fourth-order valence-corrected chi connectivity index (χ4v) is 2.19. The number of benzene rings is 1. The number of carbonyl (C=O) groups is 3. The van der Waals surface area contributed by atoms with Gasteiger partial charge in [0.1, 0.15) is 11.5 Å². The summed E-state index contributed by atoms with van der Waals surface area (Å²) >= 11 is 0. The van der Waals surface area contributed by atoms with Crippen LogP contribution < -0.4 is 10.1 Å². The Labute approximate surface area is 139 Å². The minimum atomic E-state index is -1.04. The maximum Gasteiger partial charge on any atom is 0.341 e. The van der Waals surface area contributed by atoms with Gasteiger partial charge in [0.2, 0.25) is 5.91 Å². The highest BCUT2D eigenvalue weighted by molar-refractivity contribution is 6.39. The Morgan fingerprint density at radius 3 is 2.58 bits per heavy atom. The molecule has 0 aliphatic carbocycles. The quantitative estimate of drug-likeness (QED) is 0.805. The minimum absolute atomic E-state index is 0.114. The molecule has 1 aromatic rings. The Morgan fingerprint density at radius 1 is 1.33 bits per heavy atom. The second-order valence-electron chi connectivity index (χ2n) is 5.41. The van der Waals surface area contributed by atoms with E-state index in [9.17, 15) is 14.4 Å². The minimum Gasteiger partial charge on any atom is -0.482 e. The monoisotopic (exact) mass is 333 g/mol. The number of rotatable bonds is 6. The van der Waals surface area contributed by atoms with Gasteiger partial charge in [-0.1, -0.05) is 12.1 Å². The highest BCUT2D eigenvalue weighted by Gasteiger charge is 2.23. The summed E-state index contributed by atoms with van der Waals surface area (Å²) in [7, 11) is 1.52. The molecule has 0 saturated carbocycles. The summed E-state index contributed by atoms with van der Waals surface area (Å²) in [6.07, 6.45) is 0.594. The predicted octanol–water partition coefficient (Wildman–Crippen LogP) is 0.935. The average molecular weight is 333 g/mol. The second kappa shape index (κ2) is 7.58. The summed E-state index contributed by atoms with van der Waals surface area (Å²) in [6.45, 7) is 1.42. The van der Waals surface area contributed by atoms with Crippen molar-refractivity contribution < 1.29 is 24.2 Å². The van der Waals surface area contributed by atoms with Crippen LogP contribution in [0.15, 0.2) is 29.4 Å². The van der Waals surface area contributed by atoms with Crippen LogP contribution in [0.3, 0.4) is 0 Å². The molecular weight excluding hydrogens is 314 g/mol. The Balaban J connectivity index is 1.95. The molecule has 1 aliphatic heterocycles. The highest BCUT2D eigenvalue weighted by Crippen LogP contribution is 2.18. The number of ether oxygens (including phenoxy) is 1. The van der Waals surface area contributed by atoms with Gasteiger partial charge in [-0.05, 0) is 24.6 Å². The van der Waals surface area contributed by atoms with E-state index in [2.05, 4.69) is 10.4 Å². The molecule has 2 rings (SSSR count). The van der Waals surface area contributed by atoms with Gasteiger partial charge in [-0.3, -0.25) is 9.59 Å². The molecule has 128 valence electrons. The number of carboxylic acids is 1. The maximum absolute atomic E-state index is 12.2. The van der Waals surface area contributed by atoms with Crippen LogP contribution in [-0.4, -0.2) is 47.3 Å². The van der Waals surface area contributed by atoms with Gasteiger partial charge in [-0.15, -0.1) is 0 Å². The van der Waals surface area contributed by atoms with E-state index in [4.69, 9.17) is 9.84 Å². The van der Waals surface area contributed by atoms with Crippen molar-refractivity contribution in [2.45, 2.75) is 25.8 Å². The summed E-state index contributed by atoms with van der Waals surface area (Å²) in [5, 5.41) is 16.6. The largest absolute Gasteiger partial charge is 0.482 e. The molecule has 1 atom stereocenters. The molecular formula is C16H19N3O5. The van der Waals surface area contributed by atoms with Gasteiger partial charge in [-0.25, -0.2) is 9.80 Å². The van der Waals surface area contributed by atoms with Gasteiger partial charge in [0, 0.05) is 19.9 Å². The molecule has 0 saturated heterocycles. The van der Waals surface area contributed by atoms with Crippen LogP contribution in [0.5, 0.6) is 5.75 Å². The van der Waals surface area contributed by atoms with E-state index in [0.29, 0.717) is 17.9 Å². The topological polar surface area (TPSA) is 108 Å². The highest BCUT2D eigenvalue weighted by atomic mass is 16.5. The van der Waals surface area contributed by atoms with Crippen molar-refractivity contribution in [2.75, 3.05) is 13.7 Å². The molecule has 2 amide bonds. The second-order valence-corrected chi connectivity index (χ2v) is 5.41. The Kier molecular flexibility index (Phi) is 5.51. The van der Waals surface area contributed by atoms with Gasteiger partial charge >= 0.3 is 5.97 Å². The number of hydrogen-bond donors (Lipinski definition) is 2. The van der Waals surface area contributed by atoms with E-state index in [1.54, 1.807) is 24.3 Å². The number of aliphatic carboxylic acids is 1. The van der Waals surface area contributed by atoms with Gasteiger partial charge in [0.15, 0.2) is 6.61 Å². The van der Waals surface area contributed by atoms with Crippen molar-refractivity contribution in [2.24, 2.45) is 5.10 Å². The molecule has 8 nitrogen and oxygen atoms in total. The van der Waals surface area contributed by atoms with Crippen LogP contribution in [0.2, 0.25) is 0 Å². The number of carboxylic acid groups (broad SMARTS) is 1. The molecule has 1 aliphatic rings. The van der Waals surface area contributed by atoms with Crippen LogP contribution in [-0.2, 0) is 14.4 Å². The van der Waals surface area contributed by atoms with E-state index >= 15 is 0 Å². The van der Waals surface area contributed by atoms with Gasteiger partial charge < -0.3 is 15.2 Å². The van der Waals surface area contributed by atoms with E-state index < -0.39 is 12.6 Å². The van der Waals surface area contributed by atoms with E-state index in [1.807, 2.05) is 6.92 Å². The van der Waals surface area contributed by atoms with Crippen molar-refractivity contribution in [3.8, 4) is 5.75 Å². The number of nitrogens with zero attached hydrogens (tertiary/aromatic N) is 2. The zero-order valence-electron chi connectivity index (χ0n) is 13.5. The average Bonchev–Trinajstić information content (AvgIpc) is 2.55. The molecule has 8 heteroatoms. The summed E-state index contributed by atoms with van der Waals surface area (Å²) in [5.41, 5.74) is 1.16. The SMILES string of the molecule is C[C@@H](NC(=O)C1=NN(C)C(=O)CC1)c1ccc(OCC(=O)O)cc1. The summed E-state index contributed by atoms with van der Waals surface area (Å²) in [6, 6.07) is 6.52. The lowest BCUT2D eigenvalue weighted by atomic mass is 10.1. The fraction of sp³-hybridized carbons (Fsp3) is 0.375. The van der Waals surface area contributed by atoms with E-state index in [-0.39, 0.29) is 24.3 Å². The zero-order chi connectivity index (χ0) is 17.7. The normalized spacial score (nSPS) is 15.5. The lowest BCUT2D eigenvalue weighted by molar-refractivity contribution is -0.139. The number of carbonyl (C=O) groups excluding carboxylic acids is 2. The lowest BCUT2D eigenvalue weighted by Crippen LogP contribution is -2.38. The molecule has 0 aromatic heterocycles. The van der Waals surface area contributed by atoms with Crippen molar-refractivity contribution in [3.05, 3.63) is 29.8 Å². The fourth-order valence-electron chi connectivity index (χ4n) is 2.19. The smallest absolute Gasteiger partial charge is 0.341 e. The number of hydrogen-bond acceptors (Lipinski definition) is 5. The van der Waals surface area contributed by atoms with Crippen LogP contribution >= 0.6 is 0 Å². The van der Waals surface area contributed by atoms with Crippen LogP contribution in [0.4, 0.5) is 0 Å². The Morgan fingerprint density at radius 2 is 2.00 bits per heavy atom. The first-order valence-corrected chi connectivity index (χ1v) is 7.46. The summed E-state index contributed by atoms with van der Waals surface area (Å²) in [5.74, 6) is -1.03. The molecule has 0 radical (unpaired) electrons. The first-order valence-electron chi connectivity index (χ1n) is 7.46. The molecule has 0 spiro atoms. The van der Waals surface area contributed by atoms with Crippen LogP contribution in [0.25, 0.3) is 0 Å². The van der Waals surface area contributed by atoms with Gasteiger partial charge in [-0.2, -0.15) is 5.10 Å². The number of amides is 2. The van der Waals surface area contributed by atoms with Gasteiger partial charge in [0.05, 0.1) is 6.04 Å². The summed E-state index contributed by atoms with van der Waals surface area (Å²) in [4.78, 5) is 34.0. The van der Waals surface area contributed by atoms with Crippen molar-refractivity contribution in [1.82, 2.24) is 10.3 Å². The summed E-state index contributed by atoms with van der Waals surface area (Å²) < 4.78 is 5.06. The lowest BCUT2D eigenvalue weighted by Gasteiger charge is -2.21. The van der Waals surface area contributed by atoms with Crippen LogP contribution in [0.1, 0.15) is 31.4 Å². The number of nitrogens with one attached hydrogen (secondary N) is 1. The Hall–Kier alpha value is -2.90.